The number of rotatable bonds is 4. The summed E-state index contributed by atoms with van der Waals surface area (Å²) in [6.07, 6.45) is 8.45. The SMILES string of the molecule is N#Cc1nccnc1N1CCC[C@H](S(=O)(=O)NC2CCCC2)C1. The van der Waals surface area contributed by atoms with Crippen molar-refractivity contribution in [1.29, 1.82) is 5.26 Å². The normalized spacial score (nSPS) is 22.9. The fraction of sp³-hybridized carbons (Fsp3) is 0.667. The zero-order chi connectivity index (χ0) is 16.3. The molecule has 1 aromatic heterocycles. The van der Waals surface area contributed by atoms with Crippen LogP contribution in [0.1, 0.15) is 44.2 Å². The van der Waals surface area contributed by atoms with Gasteiger partial charge in [-0.2, -0.15) is 5.26 Å². The molecule has 1 aliphatic carbocycles. The predicted octanol–water partition coefficient (Wildman–Crippen LogP) is 1.18. The van der Waals surface area contributed by atoms with Crippen LogP contribution in [0.15, 0.2) is 12.4 Å². The molecule has 0 aromatic carbocycles. The van der Waals surface area contributed by atoms with Gasteiger partial charge in [-0.1, -0.05) is 12.8 Å². The lowest BCUT2D eigenvalue weighted by Crippen LogP contribution is -2.48. The summed E-state index contributed by atoms with van der Waals surface area (Å²) in [6, 6.07) is 2.11. The summed E-state index contributed by atoms with van der Waals surface area (Å²) in [5.41, 5.74) is 0.245. The number of aromatic nitrogens is 2. The molecule has 2 aliphatic rings. The monoisotopic (exact) mass is 335 g/mol. The Balaban J connectivity index is 1.74. The van der Waals surface area contributed by atoms with Gasteiger partial charge in [0, 0.05) is 31.5 Å². The first-order valence-corrected chi connectivity index (χ1v) is 9.62. The highest BCUT2D eigenvalue weighted by Gasteiger charge is 2.34. The number of nitrogens with one attached hydrogen (secondary N) is 1. The lowest BCUT2D eigenvalue weighted by atomic mass is 10.1. The Hall–Kier alpha value is -1.72. The van der Waals surface area contributed by atoms with Gasteiger partial charge in [-0.15, -0.1) is 0 Å². The van der Waals surface area contributed by atoms with E-state index in [-0.39, 0.29) is 11.7 Å². The molecule has 2 fully saturated rings. The van der Waals surface area contributed by atoms with Gasteiger partial charge in [-0.25, -0.2) is 23.1 Å². The van der Waals surface area contributed by atoms with Gasteiger partial charge in [0.2, 0.25) is 10.0 Å². The van der Waals surface area contributed by atoms with Crippen LogP contribution in [0.3, 0.4) is 0 Å². The van der Waals surface area contributed by atoms with Crippen molar-refractivity contribution < 1.29 is 8.42 Å². The van der Waals surface area contributed by atoms with E-state index in [4.69, 9.17) is 5.26 Å². The third kappa shape index (κ3) is 3.62. The van der Waals surface area contributed by atoms with Crippen molar-refractivity contribution in [3.8, 4) is 6.07 Å². The highest BCUT2D eigenvalue weighted by molar-refractivity contribution is 7.90. The summed E-state index contributed by atoms with van der Waals surface area (Å²) >= 11 is 0. The minimum absolute atomic E-state index is 0.0848. The Bertz CT molecular complexity index is 694. The third-order valence-electron chi connectivity index (χ3n) is 4.59. The summed E-state index contributed by atoms with van der Waals surface area (Å²) < 4.78 is 28.1. The maximum Gasteiger partial charge on any atom is 0.216 e. The van der Waals surface area contributed by atoms with Gasteiger partial charge in [0.15, 0.2) is 11.5 Å². The van der Waals surface area contributed by atoms with Crippen LogP contribution in [0.2, 0.25) is 0 Å². The van der Waals surface area contributed by atoms with Gasteiger partial charge in [0.05, 0.1) is 5.25 Å². The van der Waals surface area contributed by atoms with E-state index in [1.807, 2.05) is 11.0 Å². The molecule has 7 nitrogen and oxygen atoms in total. The quantitative estimate of drug-likeness (QED) is 0.887. The highest BCUT2D eigenvalue weighted by Crippen LogP contribution is 2.25. The van der Waals surface area contributed by atoms with E-state index in [1.54, 1.807) is 0 Å². The molecule has 3 rings (SSSR count). The zero-order valence-electron chi connectivity index (χ0n) is 13.0. The van der Waals surface area contributed by atoms with E-state index in [0.717, 1.165) is 32.1 Å². The van der Waals surface area contributed by atoms with Crippen LogP contribution in [-0.2, 0) is 10.0 Å². The second-order valence-electron chi connectivity index (χ2n) is 6.19. The van der Waals surface area contributed by atoms with Crippen LogP contribution in [0, 0.1) is 11.3 Å². The molecule has 0 radical (unpaired) electrons. The van der Waals surface area contributed by atoms with E-state index >= 15 is 0 Å². The number of nitrogens with zero attached hydrogens (tertiary/aromatic N) is 4. The molecule has 23 heavy (non-hydrogen) atoms. The molecular weight excluding hydrogens is 314 g/mol. The first-order valence-electron chi connectivity index (χ1n) is 8.07. The molecule has 0 bridgehead atoms. The maximum atomic E-state index is 12.6. The highest BCUT2D eigenvalue weighted by atomic mass is 32.2. The minimum Gasteiger partial charge on any atom is -0.353 e. The molecule has 2 heterocycles. The summed E-state index contributed by atoms with van der Waals surface area (Å²) in [5.74, 6) is 0.482. The average molecular weight is 335 g/mol. The van der Waals surface area contributed by atoms with E-state index in [0.29, 0.717) is 25.3 Å². The average Bonchev–Trinajstić information content (AvgIpc) is 3.07. The molecule has 0 unspecified atom stereocenters. The molecule has 8 heteroatoms. The molecule has 1 aliphatic heterocycles. The summed E-state index contributed by atoms with van der Waals surface area (Å²) in [5, 5.41) is 8.69. The molecular formula is C15H21N5O2S. The van der Waals surface area contributed by atoms with Crippen LogP contribution in [-0.4, -0.2) is 42.8 Å². The van der Waals surface area contributed by atoms with Crippen molar-refractivity contribution in [2.24, 2.45) is 0 Å². The standard InChI is InChI=1S/C15H21N5O2S/c16-10-14-15(18-8-7-17-14)20-9-3-6-13(11-20)23(21,22)19-12-4-1-2-5-12/h7-8,12-13,19H,1-6,9,11H2/t13-/m0/s1. The number of anilines is 1. The topological polar surface area (TPSA) is 99.0 Å². The Labute approximate surface area is 136 Å². The van der Waals surface area contributed by atoms with Crippen LogP contribution in [0.5, 0.6) is 0 Å². The lowest BCUT2D eigenvalue weighted by molar-refractivity contribution is 0.504. The van der Waals surface area contributed by atoms with Gasteiger partial charge in [-0.3, -0.25) is 0 Å². The zero-order valence-corrected chi connectivity index (χ0v) is 13.8. The Morgan fingerprint density at radius 1 is 1.17 bits per heavy atom. The largest absolute Gasteiger partial charge is 0.353 e. The van der Waals surface area contributed by atoms with Crippen LogP contribution in [0.25, 0.3) is 0 Å². The van der Waals surface area contributed by atoms with E-state index in [1.165, 1.54) is 12.4 Å². The van der Waals surface area contributed by atoms with Gasteiger partial charge in [0.1, 0.15) is 6.07 Å². The molecule has 1 N–H and O–H groups in total. The van der Waals surface area contributed by atoms with Gasteiger partial charge in [-0.05, 0) is 25.7 Å². The summed E-state index contributed by atoms with van der Waals surface area (Å²) in [6.45, 7) is 1.05. The molecule has 0 spiro atoms. The van der Waals surface area contributed by atoms with Crippen LogP contribution >= 0.6 is 0 Å². The van der Waals surface area contributed by atoms with Crippen molar-refractivity contribution >= 4 is 15.8 Å². The van der Waals surface area contributed by atoms with E-state index in [2.05, 4.69) is 14.7 Å². The van der Waals surface area contributed by atoms with E-state index < -0.39 is 15.3 Å². The second-order valence-corrected chi connectivity index (χ2v) is 8.19. The van der Waals surface area contributed by atoms with Gasteiger partial charge >= 0.3 is 0 Å². The summed E-state index contributed by atoms with van der Waals surface area (Å²) in [4.78, 5) is 10.1. The van der Waals surface area contributed by atoms with Crippen molar-refractivity contribution in [3.63, 3.8) is 0 Å². The summed E-state index contributed by atoms with van der Waals surface area (Å²) in [7, 11) is -3.35. The Morgan fingerprint density at radius 2 is 1.91 bits per heavy atom. The van der Waals surface area contributed by atoms with Crippen molar-refractivity contribution in [1.82, 2.24) is 14.7 Å². The van der Waals surface area contributed by atoms with Crippen molar-refractivity contribution in [3.05, 3.63) is 18.1 Å². The maximum absolute atomic E-state index is 12.6. The third-order valence-corrected chi connectivity index (χ3v) is 6.51. The molecule has 0 amide bonds. The lowest BCUT2D eigenvalue weighted by Gasteiger charge is -2.33. The van der Waals surface area contributed by atoms with Crippen molar-refractivity contribution in [2.75, 3.05) is 18.0 Å². The number of hydrogen-bond donors (Lipinski definition) is 1. The second kappa shape index (κ2) is 6.81. The van der Waals surface area contributed by atoms with Gasteiger partial charge in [0.25, 0.3) is 0 Å². The first kappa shape index (κ1) is 16.1. The number of piperidine rings is 1. The molecule has 1 saturated heterocycles. The van der Waals surface area contributed by atoms with Crippen LogP contribution in [0.4, 0.5) is 5.82 Å². The molecule has 124 valence electrons. The smallest absolute Gasteiger partial charge is 0.216 e. The molecule has 1 atom stereocenters. The fourth-order valence-corrected chi connectivity index (χ4v) is 5.14. The first-order chi connectivity index (χ1) is 11.1. The van der Waals surface area contributed by atoms with Crippen molar-refractivity contribution in [2.45, 2.75) is 49.8 Å². The number of nitriles is 1. The number of sulfonamides is 1. The molecule has 1 aromatic rings. The molecule has 1 saturated carbocycles. The minimum atomic E-state index is -3.35. The number of hydrogen-bond acceptors (Lipinski definition) is 6. The predicted molar refractivity (Wildman–Crippen MR) is 86.3 cm³/mol. The fourth-order valence-electron chi connectivity index (χ4n) is 3.40. The van der Waals surface area contributed by atoms with Crippen LogP contribution < -0.4 is 9.62 Å². The van der Waals surface area contributed by atoms with E-state index in [9.17, 15) is 8.42 Å². The van der Waals surface area contributed by atoms with Gasteiger partial charge < -0.3 is 4.90 Å². The Kier molecular flexibility index (Phi) is 4.78. The Morgan fingerprint density at radius 3 is 2.65 bits per heavy atom.